The van der Waals surface area contributed by atoms with Crippen LogP contribution in [0, 0.1) is 6.92 Å². The standard InChI is InChI=1S/C9H12ClN3O2/c1-5(4-14)12-9(15)8-7(10)3-11-6(2)13-8/h3,5,14H,4H2,1-2H3,(H,12,15). The molecule has 5 nitrogen and oxygen atoms in total. The van der Waals surface area contributed by atoms with E-state index in [1.54, 1.807) is 13.8 Å². The number of halogens is 1. The first-order valence-corrected chi connectivity index (χ1v) is 4.83. The Hall–Kier alpha value is -1.20. The van der Waals surface area contributed by atoms with Gasteiger partial charge in [-0.1, -0.05) is 11.6 Å². The number of hydrogen-bond acceptors (Lipinski definition) is 4. The Bertz CT molecular complexity index is 370. The van der Waals surface area contributed by atoms with Crippen LogP contribution < -0.4 is 5.32 Å². The van der Waals surface area contributed by atoms with Crippen LogP contribution in [0.1, 0.15) is 23.2 Å². The normalized spacial score (nSPS) is 12.3. The lowest BCUT2D eigenvalue weighted by Gasteiger charge is -2.10. The van der Waals surface area contributed by atoms with Crippen molar-refractivity contribution in [2.75, 3.05) is 6.61 Å². The van der Waals surface area contributed by atoms with E-state index in [4.69, 9.17) is 16.7 Å². The summed E-state index contributed by atoms with van der Waals surface area (Å²) in [5.74, 6) is 0.0632. The zero-order chi connectivity index (χ0) is 11.4. The lowest BCUT2D eigenvalue weighted by Crippen LogP contribution is -2.35. The molecular formula is C9H12ClN3O2. The molecule has 15 heavy (non-hydrogen) atoms. The minimum atomic E-state index is -0.410. The summed E-state index contributed by atoms with van der Waals surface area (Å²) in [6.45, 7) is 3.22. The van der Waals surface area contributed by atoms with E-state index in [1.165, 1.54) is 6.20 Å². The van der Waals surface area contributed by atoms with Crippen molar-refractivity contribution in [1.29, 1.82) is 0 Å². The Morgan fingerprint density at radius 3 is 3.00 bits per heavy atom. The molecule has 0 fully saturated rings. The van der Waals surface area contributed by atoms with Crippen LogP contribution in [0.4, 0.5) is 0 Å². The molecule has 1 amide bonds. The van der Waals surface area contributed by atoms with Gasteiger partial charge in [0.05, 0.1) is 17.8 Å². The van der Waals surface area contributed by atoms with E-state index in [0.717, 1.165) is 0 Å². The van der Waals surface area contributed by atoms with E-state index < -0.39 is 5.91 Å². The highest BCUT2D eigenvalue weighted by Gasteiger charge is 2.14. The quantitative estimate of drug-likeness (QED) is 0.794. The predicted molar refractivity (Wildman–Crippen MR) is 55.8 cm³/mol. The maximum Gasteiger partial charge on any atom is 0.271 e. The third kappa shape index (κ3) is 3.14. The Morgan fingerprint density at radius 1 is 1.73 bits per heavy atom. The van der Waals surface area contributed by atoms with Gasteiger partial charge in [0.2, 0.25) is 0 Å². The first-order chi connectivity index (χ1) is 7.04. The fourth-order valence-corrected chi connectivity index (χ4v) is 1.13. The predicted octanol–water partition coefficient (Wildman–Crippen LogP) is 0.549. The second kappa shape index (κ2) is 5.04. The van der Waals surface area contributed by atoms with Gasteiger partial charge < -0.3 is 10.4 Å². The van der Waals surface area contributed by atoms with E-state index in [2.05, 4.69) is 15.3 Å². The molecule has 82 valence electrons. The molecule has 0 saturated heterocycles. The first kappa shape index (κ1) is 11.9. The van der Waals surface area contributed by atoms with E-state index >= 15 is 0 Å². The summed E-state index contributed by atoms with van der Waals surface area (Å²) < 4.78 is 0. The Kier molecular flexibility index (Phi) is 3.99. The van der Waals surface area contributed by atoms with Crippen molar-refractivity contribution in [1.82, 2.24) is 15.3 Å². The monoisotopic (exact) mass is 229 g/mol. The van der Waals surface area contributed by atoms with Crippen LogP contribution >= 0.6 is 11.6 Å². The van der Waals surface area contributed by atoms with E-state index in [1.807, 2.05) is 0 Å². The number of hydrogen-bond donors (Lipinski definition) is 2. The second-order valence-electron chi connectivity index (χ2n) is 3.17. The molecule has 1 unspecified atom stereocenters. The van der Waals surface area contributed by atoms with E-state index in [-0.39, 0.29) is 23.4 Å². The van der Waals surface area contributed by atoms with Crippen LogP contribution in [0.5, 0.6) is 0 Å². The summed E-state index contributed by atoms with van der Waals surface area (Å²) in [7, 11) is 0. The van der Waals surface area contributed by atoms with Crippen molar-refractivity contribution in [3.05, 3.63) is 22.7 Å². The zero-order valence-electron chi connectivity index (χ0n) is 8.49. The highest BCUT2D eigenvalue weighted by atomic mass is 35.5. The SMILES string of the molecule is Cc1ncc(Cl)c(C(=O)NC(C)CO)n1. The topological polar surface area (TPSA) is 75.1 Å². The molecule has 0 aliphatic heterocycles. The number of nitrogens with zero attached hydrogens (tertiary/aromatic N) is 2. The molecule has 0 aliphatic carbocycles. The number of aryl methyl sites for hydroxylation is 1. The Balaban J connectivity index is 2.86. The third-order valence-electron chi connectivity index (χ3n) is 1.73. The number of nitrogens with one attached hydrogen (secondary N) is 1. The Labute approximate surface area is 92.5 Å². The minimum Gasteiger partial charge on any atom is -0.394 e. The zero-order valence-corrected chi connectivity index (χ0v) is 9.25. The van der Waals surface area contributed by atoms with Gasteiger partial charge in [0.1, 0.15) is 11.5 Å². The van der Waals surface area contributed by atoms with Crippen molar-refractivity contribution in [2.24, 2.45) is 0 Å². The van der Waals surface area contributed by atoms with Crippen molar-refractivity contribution in [2.45, 2.75) is 19.9 Å². The molecule has 1 rings (SSSR count). The number of aliphatic hydroxyl groups excluding tert-OH is 1. The molecule has 6 heteroatoms. The summed E-state index contributed by atoms with van der Waals surface area (Å²) in [5.41, 5.74) is 0.129. The van der Waals surface area contributed by atoms with Crippen LogP contribution in [-0.2, 0) is 0 Å². The molecule has 1 atom stereocenters. The fraction of sp³-hybridized carbons (Fsp3) is 0.444. The molecule has 1 aromatic heterocycles. The molecule has 2 N–H and O–H groups in total. The summed E-state index contributed by atoms with van der Waals surface area (Å²) in [4.78, 5) is 19.4. The van der Waals surface area contributed by atoms with Gasteiger partial charge in [0.15, 0.2) is 0 Å². The number of carbonyl (C=O) groups excluding carboxylic acids is 1. The first-order valence-electron chi connectivity index (χ1n) is 4.45. The van der Waals surface area contributed by atoms with Gasteiger partial charge in [0.25, 0.3) is 5.91 Å². The highest BCUT2D eigenvalue weighted by Crippen LogP contribution is 2.11. The second-order valence-corrected chi connectivity index (χ2v) is 3.58. The van der Waals surface area contributed by atoms with Gasteiger partial charge in [-0.3, -0.25) is 4.79 Å². The van der Waals surface area contributed by atoms with Crippen molar-refractivity contribution >= 4 is 17.5 Å². The van der Waals surface area contributed by atoms with Crippen molar-refractivity contribution < 1.29 is 9.90 Å². The fourth-order valence-electron chi connectivity index (χ4n) is 0.952. The summed E-state index contributed by atoms with van der Waals surface area (Å²) in [5, 5.41) is 11.5. The van der Waals surface area contributed by atoms with E-state index in [9.17, 15) is 4.79 Å². The molecule has 1 heterocycles. The summed E-state index contributed by atoms with van der Waals surface area (Å²) in [6.07, 6.45) is 1.38. The largest absolute Gasteiger partial charge is 0.394 e. The van der Waals surface area contributed by atoms with Crippen LogP contribution in [0.3, 0.4) is 0 Å². The van der Waals surface area contributed by atoms with E-state index in [0.29, 0.717) is 5.82 Å². The molecule has 0 saturated carbocycles. The van der Waals surface area contributed by atoms with Gasteiger partial charge >= 0.3 is 0 Å². The Morgan fingerprint density at radius 2 is 2.40 bits per heavy atom. The summed E-state index contributed by atoms with van der Waals surface area (Å²) in [6, 6.07) is -0.330. The van der Waals surface area contributed by atoms with Crippen LogP contribution in [0.25, 0.3) is 0 Å². The van der Waals surface area contributed by atoms with Crippen LogP contribution in [0.2, 0.25) is 5.02 Å². The average molecular weight is 230 g/mol. The van der Waals surface area contributed by atoms with Gasteiger partial charge in [-0.05, 0) is 13.8 Å². The highest BCUT2D eigenvalue weighted by molar-refractivity contribution is 6.33. The number of amides is 1. The molecule has 0 spiro atoms. The van der Waals surface area contributed by atoms with Gasteiger partial charge in [0, 0.05) is 6.04 Å². The molecule has 0 aliphatic rings. The smallest absolute Gasteiger partial charge is 0.271 e. The van der Waals surface area contributed by atoms with Crippen molar-refractivity contribution in [3.63, 3.8) is 0 Å². The van der Waals surface area contributed by atoms with Gasteiger partial charge in [-0.2, -0.15) is 0 Å². The maximum absolute atomic E-state index is 11.6. The van der Waals surface area contributed by atoms with Crippen LogP contribution in [0.15, 0.2) is 6.20 Å². The van der Waals surface area contributed by atoms with Crippen molar-refractivity contribution in [3.8, 4) is 0 Å². The average Bonchev–Trinajstić information content (AvgIpc) is 2.21. The number of carbonyl (C=O) groups is 1. The molecule has 0 radical (unpaired) electrons. The molecule has 1 aromatic rings. The lowest BCUT2D eigenvalue weighted by atomic mass is 10.3. The lowest BCUT2D eigenvalue weighted by molar-refractivity contribution is 0.0917. The molecule has 0 bridgehead atoms. The number of aromatic nitrogens is 2. The third-order valence-corrected chi connectivity index (χ3v) is 2.01. The van der Waals surface area contributed by atoms with Crippen LogP contribution in [-0.4, -0.2) is 33.6 Å². The van der Waals surface area contributed by atoms with Gasteiger partial charge in [-0.25, -0.2) is 9.97 Å². The maximum atomic E-state index is 11.6. The molecular weight excluding hydrogens is 218 g/mol. The number of rotatable bonds is 3. The number of aliphatic hydroxyl groups is 1. The van der Waals surface area contributed by atoms with Gasteiger partial charge in [-0.15, -0.1) is 0 Å². The molecule has 0 aromatic carbocycles. The minimum absolute atomic E-state index is 0.129. The summed E-state index contributed by atoms with van der Waals surface area (Å²) >= 11 is 5.77.